The van der Waals surface area contributed by atoms with Crippen LogP contribution in [0.1, 0.15) is 25.8 Å². The topological polar surface area (TPSA) is 56.0 Å². The van der Waals surface area contributed by atoms with Crippen LogP contribution in [0.2, 0.25) is 0 Å². The van der Waals surface area contributed by atoms with Gasteiger partial charge in [0, 0.05) is 11.0 Å². The van der Waals surface area contributed by atoms with E-state index in [2.05, 4.69) is 27.3 Å². The molecule has 0 fully saturated rings. The minimum Gasteiger partial charge on any atom is -0.390 e. The van der Waals surface area contributed by atoms with Gasteiger partial charge in [-0.3, -0.25) is 0 Å². The van der Waals surface area contributed by atoms with Gasteiger partial charge in [0.1, 0.15) is 6.07 Å². The minimum atomic E-state index is -0.689. The Morgan fingerprint density at radius 3 is 2.75 bits per heavy atom. The van der Waals surface area contributed by atoms with Crippen LogP contribution in [-0.2, 0) is 0 Å². The number of halogens is 1. The summed E-state index contributed by atoms with van der Waals surface area (Å²) in [4.78, 5) is 0. The van der Waals surface area contributed by atoms with E-state index in [9.17, 15) is 5.11 Å². The molecule has 0 atom stereocenters. The van der Waals surface area contributed by atoms with Gasteiger partial charge in [0.05, 0.1) is 16.9 Å². The van der Waals surface area contributed by atoms with E-state index < -0.39 is 5.60 Å². The number of anilines is 1. The van der Waals surface area contributed by atoms with Gasteiger partial charge in [-0.15, -0.1) is 0 Å². The monoisotopic (exact) mass is 282 g/mol. The van der Waals surface area contributed by atoms with E-state index in [0.717, 1.165) is 10.2 Å². The van der Waals surface area contributed by atoms with Gasteiger partial charge in [-0.2, -0.15) is 5.26 Å². The average molecular weight is 283 g/mol. The van der Waals surface area contributed by atoms with E-state index in [4.69, 9.17) is 5.26 Å². The summed E-state index contributed by atoms with van der Waals surface area (Å²) in [5.41, 5.74) is 0.714. The molecule has 0 aromatic heterocycles. The summed E-state index contributed by atoms with van der Waals surface area (Å²) < 4.78 is 0.928. The van der Waals surface area contributed by atoms with Gasteiger partial charge < -0.3 is 10.4 Å². The summed E-state index contributed by atoms with van der Waals surface area (Å²) in [6.45, 7) is 4.16. The summed E-state index contributed by atoms with van der Waals surface area (Å²) in [5, 5.41) is 21.6. The SMILES string of the molecule is CC(C)(O)CCNc1cc(Br)ccc1C#N. The number of rotatable bonds is 4. The van der Waals surface area contributed by atoms with Crippen LogP contribution in [0.15, 0.2) is 22.7 Å². The zero-order chi connectivity index (χ0) is 12.2. The first-order valence-corrected chi connectivity index (χ1v) is 5.87. The van der Waals surface area contributed by atoms with Crippen LogP contribution in [0.4, 0.5) is 5.69 Å². The van der Waals surface area contributed by atoms with Crippen LogP contribution in [0.3, 0.4) is 0 Å². The third kappa shape index (κ3) is 4.21. The number of hydrogen-bond acceptors (Lipinski definition) is 3. The van der Waals surface area contributed by atoms with E-state index in [1.165, 1.54) is 0 Å². The third-order valence-corrected chi connectivity index (χ3v) is 2.65. The Morgan fingerprint density at radius 1 is 1.50 bits per heavy atom. The zero-order valence-corrected chi connectivity index (χ0v) is 11.0. The summed E-state index contributed by atoms with van der Waals surface area (Å²) in [5.74, 6) is 0. The largest absolute Gasteiger partial charge is 0.390 e. The van der Waals surface area contributed by atoms with Crippen molar-refractivity contribution in [3.63, 3.8) is 0 Å². The lowest BCUT2D eigenvalue weighted by molar-refractivity contribution is 0.0749. The van der Waals surface area contributed by atoms with Gasteiger partial charge in [-0.25, -0.2) is 0 Å². The van der Waals surface area contributed by atoms with Gasteiger partial charge in [0.25, 0.3) is 0 Å². The highest BCUT2D eigenvalue weighted by Gasteiger charge is 2.11. The lowest BCUT2D eigenvalue weighted by Crippen LogP contribution is -2.22. The molecule has 0 amide bonds. The predicted octanol–water partition coefficient (Wildman–Crippen LogP) is 2.89. The van der Waals surface area contributed by atoms with Crippen LogP contribution < -0.4 is 5.32 Å². The van der Waals surface area contributed by atoms with Crippen LogP contribution in [-0.4, -0.2) is 17.3 Å². The summed E-state index contributed by atoms with van der Waals surface area (Å²) in [7, 11) is 0. The van der Waals surface area contributed by atoms with E-state index in [0.29, 0.717) is 18.5 Å². The number of hydrogen-bond donors (Lipinski definition) is 2. The van der Waals surface area contributed by atoms with Crippen molar-refractivity contribution in [2.24, 2.45) is 0 Å². The van der Waals surface area contributed by atoms with Crippen molar-refractivity contribution < 1.29 is 5.11 Å². The molecule has 0 radical (unpaired) electrons. The fraction of sp³-hybridized carbons (Fsp3) is 0.417. The van der Waals surface area contributed by atoms with Crippen molar-refractivity contribution in [1.29, 1.82) is 5.26 Å². The molecule has 0 bridgehead atoms. The van der Waals surface area contributed by atoms with Crippen molar-refractivity contribution in [3.05, 3.63) is 28.2 Å². The molecule has 4 heteroatoms. The second-order valence-electron chi connectivity index (χ2n) is 4.29. The van der Waals surface area contributed by atoms with Gasteiger partial charge in [0.15, 0.2) is 0 Å². The molecule has 0 spiro atoms. The smallest absolute Gasteiger partial charge is 0.101 e. The van der Waals surface area contributed by atoms with Crippen molar-refractivity contribution in [3.8, 4) is 6.07 Å². The molecule has 1 aromatic carbocycles. The molecule has 0 unspecified atom stereocenters. The first kappa shape index (κ1) is 13.0. The fourth-order valence-corrected chi connectivity index (χ4v) is 1.62. The Hall–Kier alpha value is -1.05. The Kier molecular flexibility index (Phi) is 4.34. The molecule has 2 N–H and O–H groups in total. The van der Waals surface area contributed by atoms with Gasteiger partial charge in [0.2, 0.25) is 0 Å². The normalized spacial score (nSPS) is 10.9. The summed E-state index contributed by atoms with van der Waals surface area (Å²) in [6.07, 6.45) is 0.629. The summed E-state index contributed by atoms with van der Waals surface area (Å²) in [6, 6.07) is 7.58. The van der Waals surface area contributed by atoms with Gasteiger partial charge >= 0.3 is 0 Å². The van der Waals surface area contributed by atoms with Gasteiger partial charge in [-0.1, -0.05) is 15.9 Å². The fourth-order valence-electron chi connectivity index (χ4n) is 1.26. The number of nitriles is 1. The molecule has 86 valence electrons. The maximum atomic E-state index is 9.56. The number of benzene rings is 1. The Bertz CT molecular complexity index is 404. The Balaban J connectivity index is 2.67. The highest BCUT2D eigenvalue weighted by molar-refractivity contribution is 9.10. The second kappa shape index (κ2) is 5.33. The Labute approximate surface area is 104 Å². The third-order valence-electron chi connectivity index (χ3n) is 2.15. The molecule has 0 aliphatic rings. The van der Waals surface area contributed by atoms with Gasteiger partial charge in [-0.05, 0) is 38.5 Å². The standard InChI is InChI=1S/C12H15BrN2O/c1-12(2,16)5-6-15-11-7-10(13)4-3-9(11)8-14/h3-4,7,15-16H,5-6H2,1-2H3. The number of aliphatic hydroxyl groups is 1. The molecule has 0 heterocycles. The number of nitrogens with one attached hydrogen (secondary N) is 1. The minimum absolute atomic E-state index is 0.610. The first-order valence-electron chi connectivity index (χ1n) is 5.08. The highest BCUT2D eigenvalue weighted by Crippen LogP contribution is 2.21. The van der Waals surface area contributed by atoms with E-state index >= 15 is 0 Å². The lowest BCUT2D eigenvalue weighted by Gasteiger charge is -2.17. The first-order chi connectivity index (χ1) is 7.42. The highest BCUT2D eigenvalue weighted by atomic mass is 79.9. The molecule has 3 nitrogen and oxygen atoms in total. The van der Waals surface area contributed by atoms with E-state index in [-0.39, 0.29) is 0 Å². The van der Waals surface area contributed by atoms with Crippen molar-refractivity contribution in [2.75, 3.05) is 11.9 Å². The molecular formula is C12H15BrN2O. The van der Waals surface area contributed by atoms with Crippen LogP contribution >= 0.6 is 15.9 Å². The molecule has 0 aliphatic carbocycles. The van der Waals surface area contributed by atoms with E-state index in [1.54, 1.807) is 19.9 Å². The predicted molar refractivity (Wildman–Crippen MR) is 68.3 cm³/mol. The zero-order valence-electron chi connectivity index (χ0n) is 9.42. The summed E-state index contributed by atoms with van der Waals surface area (Å²) >= 11 is 3.36. The lowest BCUT2D eigenvalue weighted by atomic mass is 10.1. The molecule has 0 saturated heterocycles. The molecule has 0 aliphatic heterocycles. The second-order valence-corrected chi connectivity index (χ2v) is 5.21. The average Bonchev–Trinajstić information content (AvgIpc) is 2.16. The maximum absolute atomic E-state index is 9.56. The molecule has 1 rings (SSSR count). The molecule has 0 saturated carbocycles. The molecule has 16 heavy (non-hydrogen) atoms. The number of nitrogens with zero attached hydrogens (tertiary/aromatic N) is 1. The van der Waals surface area contributed by atoms with Crippen LogP contribution in [0.5, 0.6) is 0 Å². The van der Waals surface area contributed by atoms with Crippen LogP contribution in [0.25, 0.3) is 0 Å². The maximum Gasteiger partial charge on any atom is 0.101 e. The molecular weight excluding hydrogens is 268 g/mol. The van der Waals surface area contributed by atoms with Crippen LogP contribution in [0, 0.1) is 11.3 Å². The van der Waals surface area contributed by atoms with Crippen molar-refractivity contribution in [1.82, 2.24) is 0 Å². The van der Waals surface area contributed by atoms with E-state index in [1.807, 2.05) is 12.1 Å². The Morgan fingerprint density at radius 2 is 2.19 bits per heavy atom. The quantitative estimate of drug-likeness (QED) is 0.893. The van der Waals surface area contributed by atoms with Crippen molar-refractivity contribution >= 4 is 21.6 Å². The van der Waals surface area contributed by atoms with Crippen molar-refractivity contribution in [2.45, 2.75) is 25.9 Å². The molecule has 1 aromatic rings.